The van der Waals surface area contributed by atoms with E-state index in [1.54, 1.807) is 26.2 Å². The monoisotopic (exact) mass is 270 g/mol. The Labute approximate surface area is 110 Å². The predicted molar refractivity (Wildman–Crippen MR) is 75.3 cm³/mol. The molecule has 0 fully saturated rings. The van der Waals surface area contributed by atoms with Crippen molar-refractivity contribution in [1.82, 2.24) is 4.31 Å². The van der Waals surface area contributed by atoms with Crippen molar-refractivity contribution in [2.24, 2.45) is 0 Å². The third kappa shape index (κ3) is 3.23. The largest absolute Gasteiger partial charge is 0.381 e. The lowest BCUT2D eigenvalue weighted by atomic mass is 10.1. The van der Waals surface area contributed by atoms with Crippen LogP contribution in [0.1, 0.15) is 26.7 Å². The summed E-state index contributed by atoms with van der Waals surface area (Å²) in [6, 6.07) is 7.34. The summed E-state index contributed by atoms with van der Waals surface area (Å²) in [5.41, 5.74) is 0.680. The maximum Gasteiger partial charge on any atom is 0.244 e. The topological polar surface area (TPSA) is 49.4 Å². The summed E-state index contributed by atoms with van der Waals surface area (Å²) in [6.07, 6.45) is 1.93. The number of hydrogen-bond acceptors (Lipinski definition) is 3. The molecule has 0 amide bonds. The highest BCUT2D eigenvalue weighted by atomic mass is 32.2. The number of rotatable bonds is 6. The molecule has 5 heteroatoms. The van der Waals surface area contributed by atoms with Gasteiger partial charge in [0.15, 0.2) is 0 Å². The SMILES string of the molecule is CCC(CC)Nc1ccccc1S(=O)(=O)N(C)C. The van der Waals surface area contributed by atoms with Gasteiger partial charge in [0.05, 0.1) is 5.69 Å². The normalized spacial score (nSPS) is 12.1. The van der Waals surface area contributed by atoms with E-state index < -0.39 is 10.0 Å². The molecule has 1 aromatic carbocycles. The van der Waals surface area contributed by atoms with Crippen molar-refractivity contribution in [3.8, 4) is 0 Å². The average Bonchev–Trinajstić information content (AvgIpc) is 2.36. The highest BCUT2D eigenvalue weighted by molar-refractivity contribution is 7.89. The number of para-hydroxylation sites is 1. The Hall–Kier alpha value is -1.07. The molecule has 0 aliphatic rings. The molecule has 0 aromatic heterocycles. The minimum Gasteiger partial charge on any atom is -0.381 e. The molecule has 0 aliphatic heterocycles. The molecule has 102 valence electrons. The first-order chi connectivity index (χ1) is 8.43. The van der Waals surface area contributed by atoms with Gasteiger partial charge in [0.2, 0.25) is 10.0 Å². The van der Waals surface area contributed by atoms with E-state index in [1.165, 1.54) is 4.31 Å². The molecule has 0 aliphatic carbocycles. The van der Waals surface area contributed by atoms with E-state index in [0.29, 0.717) is 16.6 Å². The molecule has 0 saturated carbocycles. The van der Waals surface area contributed by atoms with Gasteiger partial charge in [-0.05, 0) is 25.0 Å². The zero-order valence-corrected chi connectivity index (χ0v) is 12.3. The molecule has 0 saturated heterocycles. The second-order valence-corrected chi connectivity index (χ2v) is 6.56. The zero-order valence-electron chi connectivity index (χ0n) is 11.5. The van der Waals surface area contributed by atoms with E-state index in [9.17, 15) is 8.42 Å². The van der Waals surface area contributed by atoms with Gasteiger partial charge in [-0.2, -0.15) is 0 Å². The smallest absolute Gasteiger partial charge is 0.244 e. The first kappa shape index (κ1) is 15.0. The summed E-state index contributed by atoms with van der Waals surface area (Å²) in [5.74, 6) is 0. The van der Waals surface area contributed by atoms with Crippen molar-refractivity contribution >= 4 is 15.7 Å². The fourth-order valence-electron chi connectivity index (χ4n) is 1.72. The predicted octanol–water partition coefficient (Wildman–Crippen LogP) is 2.54. The van der Waals surface area contributed by atoms with Crippen molar-refractivity contribution in [2.75, 3.05) is 19.4 Å². The van der Waals surface area contributed by atoms with Crippen LogP contribution in [0.3, 0.4) is 0 Å². The fraction of sp³-hybridized carbons (Fsp3) is 0.538. The van der Waals surface area contributed by atoms with E-state index in [0.717, 1.165) is 12.8 Å². The van der Waals surface area contributed by atoms with Crippen molar-refractivity contribution in [3.05, 3.63) is 24.3 Å². The van der Waals surface area contributed by atoms with Crippen molar-refractivity contribution in [2.45, 2.75) is 37.6 Å². The molecule has 0 atom stereocenters. The Balaban J connectivity index is 3.15. The third-order valence-corrected chi connectivity index (χ3v) is 4.86. The number of benzene rings is 1. The van der Waals surface area contributed by atoms with Crippen LogP contribution < -0.4 is 5.32 Å². The lowest BCUT2D eigenvalue weighted by molar-refractivity contribution is 0.520. The molecule has 1 rings (SSSR count). The number of sulfonamides is 1. The number of nitrogens with one attached hydrogen (secondary N) is 1. The van der Waals surface area contributed by atoms with E-state index in [2.05, 4.69) is 19.2 Å². The summed E-state index contributed by atoms with van der Waals surface area (Å²) < 4.78 is 25.6. The molecule has 4 nitrogen and oxygen atoms in total. The Morgan fingerprint density at radius 2 is 1.72 bits per heavy atom. The van der Waals surface area contributed by atoms with Gasteiger partial charge >= 0.3 is 0 Å². The van der Waals surface area contributed by atoms with Gasteiger partial charge in [-0.1, -0.05) is 26.0 Å². The van der Waals surface area contributed by atoms with Crippen molar-refractivity contribution in [3.63, 3.8) is 0 Å². The summed E-state index contributed by atoms with van der Waals surface area (Å²) in [4.78, 5) is 0.335. The van der Waals surface area contributed by atoms with Crippen LogP contribution in [0.25, 0.3) is 0 Å². The van der Waals surface area contributed by atoms with E-state index in [-0.39, 0.29) is 0 Å². The molecule has 1 aromatic rings. The van der Waals surface area contributed by atoms with E-state index >= 15 is 0 Å². The second kappa shape index (κ2) is 6.20. The van der Waals surface area contributed by atoms with Crippen LogP contribution in [-0.4, -0.2) is 32.9 Å². The van der Waals surface area contributed by atoms with Gasteiger partial charge in [0, 0.05) is 20.1 Å². The van der Waals surface area contributed by atoms with Gasteiger partial charge in [-0.15, -0.1) is 0 Å². The Morgan fingerprint density at radius 3 is 2.22 bits per heavy atom. The van der Waals surface area contributed by atoms with Gasteiger partial charge in [-0.25, -0.2) is 12.7 Å². The molecule has 0 spiro atoms. The second-order valence-electron chi connectivity index (χ2n) is 4.44. The van der Waals surface area contributed by atoms with E-state index in [1.807, 2.05) is 12.1 Å². The Kier molecular flexibility index (Phi) is 5.16. The molecule has 0 heterocycles. The zero-order chi connectivity index (χ0) is 13.8. The van der Waals surface area contributed by atoms with Crippen LogP contribution in [0, 0.1) is 0 Å². The highest BCUT2D eigenvalue weighted by Gasteiger charge is 2.21. The first-order valence-corrected chi connectivity index (χ1v) is 7.65. The minimum absolute atomic E-state index is 0.295. The van der Waals surface area contributed by atoms with Crippen LogP contribution in [0.15, 0.2) is 29.2 Å². The van der Waals surface area contributed by atoms with Gasteiger partial charge in [-0.3, -0.25) is 0 Å². The molecule has 0 unspecified atom stereocenters. The average molecular weight is 270 g/mol. The van der Waals surface area contributed by atoms with Crippen LogP contribution >= 0.6 is 0 Å². The minimum atomic E-state index is -3.40. The summed E-state index contributed by atoms with van der Waals surface area (Å²) in [7, 11) is -0.309. The standard InChI is InChI=1S/C13H22N2O2S/c1-5-11(6-2)14-12-9-7-8-10-13(12)18(16,17)15(3)4/h7-11,14H,5-6H2,1-4H3. The molecule has 0 radical (unpaired) electrons. The quantitative estimate of drug-likeness (QED) is 0.864. The van der Waals surface area contributed by atoms with Gasteiger partial charge in [0.25, 0.3) is 0 Å². The van der Waals surface area contributed by atoms with E-state index in [4.69, 9.17) is 0 Å². The number of nitrogens with zero attached hydrogens (tertiary/aromatic N) is 1. The lowest BCUT2D eigenvalue weighted by Crippen LogP contribution is -2.25. The van der Waals surface area contributed by atoms with Crippen molar-refractivity contribution in [1.29, 1.82) is 0 Å². The summed E-state index contributed by atoms with van der Waals surface area (Å²) in [6.45, 7) is 4.18. The highest BCUT2D eigenvalue weighted by Crippen LogP contribution is 2.24. The number of anilines is 1. The molecule has 0 bridgehead atoms. The molecular weight excluding hydrogens is 248 g/mol. The van der Waals surface area contributed by atoms with Gasteiger partial charge in [0.1, 0.15) is 4.90 Å². The Morgan fingerprint density at radius 1 is 1.17 bits per heavy atom. The molecule has 18 heavy (non-hydrogen) atoms. The first-order valence-electron chi connectivity index (χ1n) is 6.21. The summed E-state index contributed by atoms with van der Waals surface area (Å²) in [5, 5.41) is 3.30. The third-order valence-electron chi connectivity index (χ3n) is 2.99. The molecule has 1 N–H and O–H groups in total. The molecular formula is C13H22N2O2S. The number of hydrogen-bond donors (Lipinski definition) is 1. The van der Waals surface area contributed by atoms with Crippen LogP contribution in [-0.2, 0) is 10.0 Å². The summed E-state index contributed by atoms with van der Waals surface area (Å²) >= 11 is 0. The van der Waals surface area contributed by atoms with Crippen LogP contribution in [0.2, 0.25) is 0 Å². The maximum absolute atomic E-state index is 12.2. The maximum atomic E-state index is 12.2. The lowest BCUT2D eigenvalue weighted by Gasteiger charge is -2.20. The van der Waals surface area contributed by atoms with Crippen LogP contribution in [0.4, 0.5) is 5.69 Å². The fourth-order valence-corrected chi connectivity index (χ4v) is 2.77. The van der Waals surface area contributed by atoms with Crippen LogP contribution in [0.5, 0.6) is 0 Å². The Bertz CT molecular complexity index is 480. The van der Waals surface area contributed by atoms with Gasteiger partial charge < -0.3 is 5.32 Å². The van der Waals surface area contributed by atoms with Crippen molar-refractivity contribution < 1.29 is 8.42 Å².